The van der Waals surface area contributed by atoms with Gasteiger partial charge < -0.3 is 0 Å². The van der Waals surface area contributed by atoms with E-state index < -0.39 is 23.3 Å². The number of carbonyl (C=O) groups is 1. The van der Waals surface area contributed by atoms with Crippen LogP contribution in [-0.2, 0) is 16.1 Å². The second kappa shape index (κ2) is 3.18. The molecule has 0 fully saturated rings. The van der Waals surface area contributed by atoms with Crippen LogP contribution in [0.5, 0.6) is 0 Å². The van der Waals surface area contributed by atoms with Crippen LogP contribution in [0.1, 0.15) is 0 Å². The number of nitrogens with zero attached hydrogens (tertiary/aromatic N) is 1. The molecule has 0 rings (SSSR count). The van der Waals surface area contributed by atoms with Gasteiger partial charge in [0, 0.05) is 7.05 Å². The lowest BCUT2D eigenvalue weighted by Gasteiger charge is -2.12. The highest BCUT2D eigenvalue weighted by atomic mass is 32.2. The lowest BCUT2D eigenvalue weighted by atomic mass is 10.6. The van der Waals surface area contributed by atoms with Crippen molar-refractivity contribution >= 4 is 17.2 Å². The molecule has 0 aromatic heterocycles. The molecule has 0 radical (unpaired) electrons. The molecule has 0 spiro atoms. The molecule has 0 aliphatic carbocycles. The molecule has 0 heterocycles. The topological polar surface area (TPSA) is 57.6 Å². The van der Waals surface area contributed by atoms with Crippen molar-refractivity contribution in [1.82, 2.24) is 4.31 Å². The van der Waals surface area contributed by atoms with Crippen LogP contribution in [0.2, 0.25) is 0 Å². The van der Waals surface area contributed by atoms with Crippen molar-refractivity contribution in [1.29, 1.82) is 0 Å². The molecule has 1 atom stereocenters. The van der Waals surface area contributed by atoms with Crippen molar-refractivity contribution < 1.29 is 26.7 Å². The molecule has 0 aromatic carbocycles. The Morgan fingerprint density at radius 2 is 1.91 bits per heavy atom. The minimum absolute atomic E-state index is 0.319. The van der Waals surface area contributed by atoms with Crippen molar-refractivity contribution in [3.05, 3.63) is 0 Å². The maximum absolute atomic E-state index is 11.4. The molecule has 0 aromatic rings. The van der Waals surface area contributed by atoms with Gasteiger partial charge in [-0.15, -0.1) is 0 Å². The summed E-state index contributed by atoms with van der Waals surface area (Å²) in [6, 6.07) is 0. The molecule has 0 aliphatic rings. The van der Waals surface area contributed by atoms with Gasteiger partial charge in [-0.25, -0.2) is 8.51 Å². The molecule has 66 valence electrons. The van der Waals surface area contributed by atoms with E-state index in [9.17, 15) is 22.2 Å². The Labute approximate surface area is 62.4 Å². The molecular formula is C3H4F3NO3S. The molecule has 4 nitrogen and oxygen atoms in total. The lowest BCUT2D eigenvalue weighted by Crippen LogP contribution is -2.39. The number of amides is 1. The van der Waals surface area contributed by atoms with Gasteiger partial charge >= 0.3 is 12.1 Å². The summed E-state index contributed by atoms with van der Waals surface area (Å²) in [5.41, 5.74) is 0. The Morgan fingerprint density at radius 3 is 2.00 bits per heavy atom. The molecular weight excluding hydrogens is 187 g/mol. The zero-order valence-electron chi connectivity index (χ0n) is 5.25. The summed E-state index contributed by atoms with van der Waals surface area (Å²) in [6.45, 7) is 0. The van der Waals surface area contributed by atoms with Crippen LogP contribution in [0.25, 0.3) is 0 Å². The Kier molecular flexibility index (Phi) is 3.00. The summed E-state index contributed by atoms with van der Waals surface area (Å²) in [7, 11) is 0.575. The standard InChI is InChI=1S/C3H4F3NO3S/c1-7(11(9)10)2(8)3(4,5)6/h1H3,(H,9,10). The largest absolute Gasteiger partial charge is 0.472 e. The lowest BCUT2D eigenvalue weighted by molar-refractivity contribution is -0.179. The van der Waals surface area contributed by atoms with Gasteiger partial charge in [-0.2, -0.15) is 13.2 Å². The molecule has 0 saturated carbocycles. The molecule has 1 unspecified atom stereocenters. The summed E-state index contributed by atoms with van der Waals surface area (Å²) in [4.78, 5) is 10.1. The van der Waals surface area contributed by atoms with Gasteiger partial charge in [-0.05, 0) is 0 Å². The summed E-state index contributed by atoms with van der Waals surface area (Å²) in [6.07, 6.45) is -5.10. The maximum Gasteiger partial charge on any atom is 0.472 e. The number of alkyl halides is 3. The third-order valence-corrected chi connectivity index (χ3v) is 1.40. The highest BCUT2D eigenvalue weighted by Crippen LogP contribution is 2.17. The molecule has 11 heavy (non-hydrogen) atoms. The average Bonchev–Trinajstić information content (AvgIpc) is 1.82. The van der Waals surface area contributed by atoms with E-state index in [0.29, 0.717) is 7.05 Å². The first-order valence-corrected chi connectivity index (χ1v) is 3.29. The minimum Gasteiger partial charge on any atom is -0.289 e. The first-order chi connectivity index (χ1) is 4.76. The highest BCUT2D eigenvalue weighted by Gasteiger charge is 2.42. The number of halogens is 3. The smallest absolute Gasteiger partial charge is 0.289 e. The van der Waals surface area contributed by atoms with Gasteiger partial charge in [-0.1, -0.05) is 0 Å². The van der Waals surface area contributed by atoms with Gasteiger partial charge in [-0.3, -0.25) is 9.35 Å². The van der Waals surface area contributed by atoms with Crippen molar-refractivity contribution in [3.63, 3.8) is 0 Å². The summed E-state index contributed by atoms with van der Waals surface area (Å²) >= 11 is -2.92. The van der Waals surface area contributed by atoms with Gasteiger partial charge in [0.1, 0.15) is 0 Å². The van der Waals surface area contributed by atoms with Gasteiger partial charge in [0.05, 0.1) is 0 Å². The fraction of sp³-hybridized carbons (Fsp3) is 0.667. The number of hydrogen-bond donors (Lipinski definition) is 1. The van der Waals surface area contributed by atoms with Crippen molar-refractivity contribution in [3.8, 4) is 0 Å². The Balaban J connectivity index is 4.39. The normalized spacial score (nSPS) is 14.3. The van der Waals surface area contributed by atoms with E-state index in [1.165, 1.54) is 0 Å². The zero-order valence-corrected chi connectivity index (χ0v) is 6.07. The van der Waals surface area contributed by atoms with Gasteiger partial charge in [0.15, 0.2) is 0 Å². The van der Waals surface area contributed by atoms with Crippen LogP contribution in [0.15, 0.2) is 0 Å². The minimum atomic E-state index is -5.10. The van der Waals surface area contributed by atoms with E-state index in [1.54, 1.807) is 0 Å². The summed E-state index contributed by atoms with van der Waals surface area (Å²) < 4.78 is 51.9. The van der Waals surface area contributed by atoms with Crippen molar-refractivity contribution in [2.24, 2.45) is 0 Å². The molecule has 8 heteroatoms. The first kappa shape index (κ1) is 10.4. The van der Waals surface area contributed by atoms with Crippen molar-refractivity contribution in [2.45, 2.75) is 6.18 Å². The van der Waals surface area contributed by atoms with Crippen molar-refractivity contribution in [2.75, 3.05) is 7.05 Å². The number of carbonyl (C=O) groups excluding carboxylic acids is 1. The molecule has 0 aliphatic heterocycles. The Bertz CT molecular complexity index is 191. The Morgan fingerprint density at radius 1 is 1.55 bits per heavy atom. The Hall–Kier alpha value is -0.630. The fourth-order valence-corrected chi connectivity index (χ4v) is 0.495. The van der Waals surface area contributed by atoms with Crippen LogP contribution >= 0.6 is 0 Å². The zero-order chi connectivity index (χ0) is 9.23. The molecule has 0 bridgehead atoms. The SMILES string of the molecule is CN(C(=O)C(F)(F)F)S(=O)O. The summed E-state index contributed by atoms with van der Waals surface area (Å²) in [5, 5.41) is 0. The van der Waals surface area contributed by atoms with E-state index >= 15 is 0 Å². The quantitative estimate of drug-likeness (QED) is 0.600. The maximum atomic E-state index is 11.4. The van der Waals surface area contributed by atoms with E-state index in [1.807, 2.05) is 0 Å². The fourth-order valence-electron chi connectivity index (χ4n) is 0.249. The van der Waals surface area contributed by atoms with Crippen LogP contribution in [0.3, 0.4) is 0 Å². The summed E-state index contributed by atoms with van der Waals surface area (Å²) in [5.74, 6) is -2.35. The molecule has 1 N–H and O–H groups in total. The monoisotopic (exact) mass is 191 g/mol. The third kappa shape index (κ3) is 2.85. The van der Waals surface area contributed by atoms with E-state index in [4.69, 9.17) is 4.55 Å². The van der Waals surface area contributed by atoms with Crippen LogP contribution < -0.4 is 0 Å². The van der Waals surface area contributed by atoms with E-state index in [0.717, 1.165) is 0 Å². The third-order valence-electron chi connectivity index (χ3n) is 0.763. The second-order valence-electron chi connectivity index (χ2n) is 1.53. The number of rotatable bonds is 1. The van der Waals surface area contributed by atoms with E-state index in [-0.39, 0.29) is 4.31 Å². The van der Waals surface area contributed by atoms with Crippen LogP contribution in [-0.4, -0.2) is 32.2 Å². The van der Waals surface area contributed by atoms with Crippen LogP contribution in [0, 0.1) is 0 Å². The average molecular weight is 191 g/mol. The highest BCUT2D eigenvalue weighted by molar-refractivity contribution is 7.77. The van der Waals surface area contributed by atoms with Crippen LogP contribution in [0.4, 0.5) is 13.2 Å². The second-order valence-corrected chi connectivity index (χ2v) is 2.54. The molecule has 1 amide bonds. The number of hydrogen-bond acceptors (Lipinski definition) is 2. The van der Waals surface area contributed by atoms with Gasteiger partial charge in [0.25, 0.3) is 11.3 Å². The predicted molar refractivity (Wildman–Crippen MR) is 29.6 cm³/mol. The predicted octanol–water partition coefficient (Wildman–Crippen LogP) is 0.144. The molecule has 0 saturated heterocycles. The first-order valence-electron chi connectivity index (χ1n) is 2.22. The van der Waals surface area contributed by atoms with Gasteiger partial charge in [0.2, 0.25) is 0 Å². The van der Waals surface area contributed by atoms with E-state index in [2.05, 4.69) is 0 Å².